The highest BCUT2D eigenvalue weighted by Gasteiger charge is 2.28. The summed E-state index contributed by atoms with van der Waals surface area (Å²) in [5.41, 5.74) is 0.378. The summed E-state index contributed by atoms with van der Waals surface area (Å²) in [6.45, 7) is 1.42. The van der Waals surface area contributed by atoms with E-state index in [1.165, 1.54) is 14.0 Å². The number of carbonyl (C=O) groups is 3. The van der Waals surface area contributed by atoms with Crippen LogP contribution < -0.4 is 0 Å². The number of benzene rings is 1. The molecule has 0 saturated carbocycles. The first-order chi connectivity index (χ1) is 8.95. The minimum atomic E-state index is -0.949. The van der Waals surface area contributed by atoms with Gasteiger partial charge in [-0.2, -0.15) is 0 Å². The third kappa shape index (κ3) is 4.48. The van der Waals surface area contributed by atoms with Crippen LogP contribution in [0, 0.1) is 5.92 Å². The lowest BCUT2D eigenvalue weighted by atomic mass is 9.92. The molecule has 19 heavy (non-hydrogen) atoms. The van der Waals surface area contributed by atoms with E-state index in [2.05, 4.69) is 4.74 Å². The highest BCUT2D eigenvalue weighted by Crippen LogP contribution is 2.18. The van der Waals surface area contributed by atoms with E-state index >= 15 is 0 Å². The number of Topliss-reactive ketones (excluding diaryl/α,β-unsaturated/α-hetero) is 2. The lowest BCUT2D eigenvalue weighted by molar-refractivity contribution is -0.143. The van der Waals surface area contributed by atoms with Crippen molar-refractivity contribution in [1.29, 1.82) is 0 Å². The number of hydrogen-bond acceptors (Lipinski definition) is 4. The molecule has 0 fully saturated rings. The van der Waals surface area contributed by atoms with Crippen LogP contribution in [0.5, 0.6) is 0 Å². The molecule has 1 rings (SSSR count). The summed E-state index contributed by atoms with van der Waals surface area (Å²) >= 11 is 5.74. The standard InChI is InChI=1S/C14H15ClO4/c1-9(16)3-8-12(14(18)19-2)13(17)10-4-6-11(15)7-5-10/h4-7,12H,3,8H2,1-2H3. The first kappa shape index (κ1) is 15.4. The lowest BCUT2D eigenvalue weighted by Gasteiger charge is -2.12. The van der Waals surface area contributed by atoms with Crippen molar-refractivity contribution in [3.63, 3.8) is 0 Å². The molecule has 0 aromatic heterocycles. The van der Waals surface area contributed by atoms with Crippen LogP contribution in [0.3, 0.4) is 0 Å². The Bertz CT molecular complexity index is 479. The Hall–Kier alpha value is -1.68. The van der Waals surface area contributed by atoms with Gasteiger partial charge in [-0.1, -0.05) is 11.6 Å². The van der Waals surface area contributed by atoms with E-state index in [0.29, 0.717) is 10.6 Å². The van der Waals surface area contributed by atoms with E-state index in [1.807, 2.05) is 0 Å². The number of methoxy groups -OCH3 is 1. The fraction of sp³-hybridized carbons (Fsp3) is 0.357. The molecule has 0 N–H and O–H groups in total. The number of esters is 1. The lowest BCUT2D eigenvalue weighted by Crippen LogP contribution is -2.26. The average Bonchev–Trinajstić information content (AvgIpc) is 2.38. The second kappa shape index (κ2) is 7.04. The molecule has 0 amide bonds. The van der Waals surface area contributed by atoms with Crippen molar-refractivity contribution in [3.05, 3.63) is 34.9 Å². The van der Waals surface area contributed by atoms with Gasteiger partial charge in [-0.15, -0.1) is 0 Å². The van der Waals surface area contributed by atoms with Crippen LogP contribution >= 0.6 is 11.6 Å². The van der Waals surface area contributed by atoms with Crippen LogP contribution in [-0.4, -0.2) is 24.6 Å². The van der Waals surface area contributed by atoms with Crippen molar-refractivity contribution in [2.75, 3.05) is 7.11 Å². The number of carbonyl (C=O) groups excluding carboxylic acids is 3. The summed E-state index contributed by atoms with van der Waals surface area (Å²) in [6, 6.07) is 6.25. The summed E-state index contributed by atoms with van der Waals surface area (Å²) in [7, 11) is 1.22. The molecule has 0 bridgehead atoms. The Balaban J connectivity index is 2.90. The predicted octanol–water partition coefficient (Wildman–Crippen LogP) is 2.68. The zero-order valence-electron chi connectivity index (χ0n) is 10.8. The van der Waals surface area contributed by atoms with Gasteiger partial charge in [-0.3, -0.25) is 9.59 Å². The minimum absolute atomic E-state index is 0.0715. The van der Waals surface area contributed by atoms with Gasteiger partial charge in [-0.25, -0.2) is 0 Å². The topological polar surface area (TPSA) is 60.4 Å². The Morgan fingerprint density at radius 3 is 2.26 bits per heavy atom. The quantitative estimate of drug-likeness (QED) is 0.457. The fourth-order valence-electron chi connectivity index (χ4n) is 1.66. The van der Waals surface area contributed by atoms with Crippen LogP contribution in [0.1, 0.15) is 30.1 Å². The average molecular weight is 283 g/mol. The molecular weight excluding hydrogens is 268 g/mol. The second-order valence-corrected chi connectivity index (χ2v) is 4.62. The van der Waals surface area contributed by atoms with Crippen molar-refractivity contribution in [3.8, 4) is 0 Å². The van der Waals surface area contributed by atoms with E-state index in [9.17, 15) is 14.4 Å². The number of ether oxygens (including phenoxy) is 1. The van der Waals surface area contributed by atoms with Crippen molar-refractivity contribution in [2.45, 2.75) is 19.8 Å². The Kier molecular flexibility index (Phi) is 5.70. The highest BCUT2D eigenvalue weighted by molar-refractivity contribution is 6.30. The maximum Gasteiger partial charge on any atom is 0.316 e. The van der Waals surface area contributed by atoms with Crippen LogP contribution in [0.25, 0.3) is 0 Å². The van der Waals surface area contributed by atoms with E-state index in [1.54, 1.807) is 24.3 Å². The summed E-state index contributed by atoms with van der Waals surface area (Å²) in [4.78, 5) is 34.8. The van der Waals surface area contributed by atoms with Crippen molar-refractivity contribution >= 4 is 29.1 Å². The van der Waals surface area contributed by atoms with E-state index in [0.717, 1.165) is 0 Å². The SMILES string of the molecule is COC(=O)C(CCC(C)=O)C(=O)c1ccc(Cl)cc1. The van der Waals surface area contributed by atoms with E-state index in [4.69, 9.17) is 11.6 Å². The maximum absolute atomic E-state index is 12.2. The van der Waals surface area contributed by atoms with Crippen LogP contribution in [0.15, 0.2) is 24.3 Å². The van der Waals surface area contributed by atoms with Crippen molar-refractivity contribution < 1.29 is 19.1 Å². The molecule has 0 aliphatic heterocycles. The molecule has 1 aromatic carbocycles. The molecule has 0 heterocycles. The van der Waals surface area contributed by atoms with Crippen LogP contribution in [0.4, 0.5) is 0 Å². The molecule has 0 aliphatic rings. The summed E-state index contributed by atoms with van der Waals surface area (Å²) in [6.07, 6.45) is 0.322. The number of rotatable bonds is 6. The number of hydrogen-bond donors (Lipinski definition) is 0. The molecule has 0 radical (unpaired) electrons. The second-order valence-electron chi connectivity index (χ2n) is 4.19. The smallest absolute Gasteiger partial charge is 0.316 e. The Labute approximate surface area is 116 Å². The molecule has 1 atom stereocenters. The van der Waals surface area contributed by atoms with Crippen LogP contribution in [-0.2, 0) is 14.3 Å². The van der Waals surface area contributed by atoms with Gasteiger partial charge in [0.1, 0.15) is 11.7 Å². The monoisotopic (exact) mass is 282 g/mol. The molecule has 0 spiro atoms. The van der Waals surface area contributed by atoms with Gasteiger partial charge in [0.15, 0.2) is 5.78 Å². The zero-order valence-corrected chi connectivity index (χ0v) is 11.6. The highest BCUT2D eigenvalue weighted by atomic mass is 35.5. The fourth-order valence-corrected chi connectivity index (χ4v) is 1.79. The Morgan fingerprint density at radius 2 is 1.79 bits per heavy atom. The summed E-state index contributed by atoms with van der Waals surface area (Å²) in [5.74, 6) is -2.00. The van der Waals surface area contributed by atoms with Crippen LogP contribution in [0.2, 0.25) is 5.02 Å². The first-order valence-corrected chi connectivity index (χ1v) is 6.20. The molecule has 1 unspecified atom stereocenters. The molecular formula is C14H15ClO4. The van der Waals surface area contributed by atoms with Gasteiger partial charge in [0.2, 0.25) is 0 Å². The van der Waals surface area contributed by atoms with Gasteiger partial charge < -0.3 is 9.53 Å². The van der Waals surface area contributed by atoms with Gasteiger partial charge in [0, 0.05) is 17.0 Å². The van der Waals surface area contributed by atoms with Gasteiger partial charge in [0.05, 0.1) is 7.11 Å². The van der Waals surface area contributed by atoms with Gasteiger partial charge in [0.25, 0.3) is 0 Å². The maximum atomic E-state index is 12.2. The molecule has 4 nitrogen and oxygen atoms in total. The summed E-state index contributed by atoms with van der Waals surface area (Å²) in [5, 5.41) is 0.509. The van der Waals surface area contributed by atoms with Crippen molar-refractivity contribution in [1.82, 2.24) is 0 Å². The molecule has 5 heteroatoms. The Morgan fingerprint density at radius 1 is 1.21 bits per heavy atom. The molecule has 102 valence electrons. The van der Waals surface area contributed by atoms with E-state index < -0.39 is 11.9 Å². The molecule has 0 aliphatic carbocycles. The normalized spacial score (nSPS) is 11.7. The van der Waals surface area contributed by atoms with E-state index in [-0.39, 0.29) is 24.4 Å². The largest absolute Gasteiger partial charge is 0.468 e. The predicted molar refractivity (Wildman–Crippen MR) is 71.2 cm³/mol. The van der Waals surface area contributed by atoms with Gasteiger partial charge >= 0.3 is 5.97 Å². The molecule has 0 saturated heterocycles. The van der Waals surface area contributed by atoms with Gasteiger partial charge in [-0.05, 0) is 37.6 Å². The number of ketones is 2. The number of halogens is 1. The minimum Gasteiger partial charge on any atom is -0.468 e. The third-order valence-electron chi connectivity index (χ3n) is 2.72. The summed E-state index contributed by atoms with van der Waals surface area (Å²) < 4.78 is 4.61. The van der Waals surface area contributed by atoms with Crippen molar-refractivity contribution in [2.24, 2.45) is 5.92 Å². The first-order valence-electron chi connectivity index (χ1n) is 5.82. The third-order valence-corrected chi connectivity index (χ3v) is 2.97. The zero-order chi connectivity index (χ0) is 14.4. The molecule has 1 aromatic rings.